The minimum atomic E-state index is -4.49. The molecule has 0 aliphatic carbocycles. The molecule has 1 saturated heterocycles. The average Bonchev–Trinajstić information content (AvgIpc) is 2.94. The van der Waals surface area contributed by atoms with E-state index in [9.17, 15) is 32.3 Å². The molecule has 1 aliphatic heterocycles. The van der Waals surface area contributed by atoms with E-state index in [0.717, 1.165) is 24.3 Å². The third kappa shape index (κ3) is 7.12. The Balaban J connectivity index is 1.27. The molecule has 1 aromatic heterocycles. The van der Waals surface area contributed by atoms with Gasteiger partial charge in [-0.2, -0.15) is 13.2 Å². The summed E-state index contributed by atoms with van der Waals surface area (Å²) in [7, 11) is 0. The average molecular weight is 556 g/mol. The van der Waals surface area contributed by atoms with Gasteiger partial charge in [0.25, 0.3) is 11.8 Å². The monoisotopic (exact) mass is 556 g/mol. The van der Waals surface area contributed by atoms with Crippen LogP contribution in [0.15, 0.2) is 66.9 Å². The number of anilines is 1. The summed E-state index contributed by atoms with van der Waals surface area (Å²) in [5.74, 6) is -1.25. The van der Waals surface area contributed by atoms with E-state index in [2.05, 4.69) is 10.3 Å². The number of carbonyl (C=O) groups excluding carboxylic acids is 3. The highest BCUT2D eigenvalue weighted by molar-refractivity contribution is 6.36. The Hall–Kier alpha value is -4.94. The summed E-state index contributed by atoms with van der Waals surface area (Å²) < 4.78 is 43.7. The van der Waals surface area contributed by atoms with Gasteiger partial charge in [-0.3, -0.25) is 14.4 Å². The fourth-order valence-corrected chi connectivity index (χ4v) is 3.86. The molecule has 0 unspecified atom stereocenters. The van der Waals surface area contributed by atoms with Crippen LogP contribution >= 0.6 is 0 Å². The van der Waals surface area contributed by atoms with Crippen LogP contribution in [0.5, 0.6) is 11.6 Å². The number of halogens is 3. The molecule has 208 valence electrons. The lowest BCUT2D eigenvalue weighted by molar-refractivity contribution is -0.145. The van der Waals surface area contributed by atoms with Crippen molar-refractivity contribution >= 4 is 29.4 Å². The number of amides is 3. The quantitative estimate of drug-likeness (QED) is 0.420. The number of nitrogens with zero attached hydrogens (tertiary/aromatic N) is 3. The number of nitrogens with one attached hydrogen (secondary N) is 1. The minimum Gasteiger partial charge on any atom is -0.465 e. The van der Waals surface area contributed by atoms with Crippen molar-refractivity contribution in [2.45, 2.75) is 12.6 Å². The Bertz CT molecular complexity index is 1390. The molecule has 1 fully saturated rings. The van der Waals surface area contributed by atoms with Crippen molar-refractivity contribution in [2.75, 3.05) is 31.5 Å². The van der Waals surface area contributed by atoms with Crippen LogP contribution < -0.4 is 10.1 Å². The lowest BCUT2D eigenvalue weighted by Gasteiger charge is -2.32. The molecule has 4 rings (SSSR count). The maximum Gasteiger partial charge on any atom is 0.416 e. The second kappa shape index (κ2) is 11.8. The molecule has 0 bridgehead atoms. The third-order valence-corrected chi connectivity index (χ3v) is 6.06. The van der Waals surface area contributed by atoms with Crippen LogP contribution in [-0.4, -0.2) is 69.8 Å². The molecule has 13 heteroatoms. The lowest BCUT2D eigenvalue weighted by Crippen LogP contribution is -2.52. The van der Waals surface area contributed by atoms with Crippen molar-refractivity contribution in [3.63, 3.8) is 0 Å². The van der Waals surface area contributed by atoms with E-state index >= 15 is 0 Å². The van der Waals surface area contributed by atoms with Gasteiger partial charge in [0, 0.05) is 44.2 Å². The fraction of sp³-hybridized carbons (Fsp3) is 0.222. The zero-order chi connectivity index (χ0) is 28.9. The van der Waals surface area contributed by atoms with E-state index in [1.807, 2.05) is 0 Å². The number of ether oxygens (including phenoxy) is 1. The molecule has 3 aromatic rings. The number of carboxylic acid groups (broad SMARTS) is 1. The Kier molecular flexibility index (Phi) is 8.31. The van der Waals surface area contributed by atoms with Crippen molar-refractivity contribution in [3.05, 3.63) is 83.6 Å². The van der Waals surface area contributed by atoms with Gasteiger partial charge in [0.2, 0.25) is 11.7 Å². The highest BCUT2D eigenvalue weighted by Crippen LogP contribution is 2.29. The molecular weight excluding hydrogens is 533 g/mol. The molecule has 2 heterocycles. The number of ketones is 1. The standard InChI is InChI=1S/C27H23F3N4O6/c28-27(29,30)19-5-3-18(4-6-19)24(36)32-20-7-10-23(31-16-20)40-21-8-1-17(2-9-21)15-22(35)25(37)33-11-13-34(14-12-33)26(38)39/h1-10,16H,11-15H2,(H,32,36)(H,38,39). The summed E-state index contributed by atoms with van der Waals surface area (Å²) in [6.07, 6.45) is -4.35. The molecule has 40 heavy (non-hydrogen) atoms. The number of alkyl halides is 3. The van der Waals surface area contributed by atoms with Crippen molar-refractivity contribution in [3.8, 4) is 11.6 Å². The number of pyridine rings is 1. The first-order valence-corrected chi connectivity index (χ1v) is 12.0. The molecule has 0 radical (unpaired) electrons. The number of Topliss-reactive ketones (excluding diaryl/α,β-unsaturated/α-hetero) is 1. The van der Waals surface area contributed by atoms with Gasteiger partial charge in [0.1, 0.15) is 5.75 Å². The summed E-state index contributed by atoms with van der Waals surface area (Å²) in [5, 5.41) is 11.5. The van der Waals surface area contributed by atoms with Crippen molar-refractivity contribution in [2.24, 2.45) is 0 Å². The maximum atomic E-state index is 12.7. The molecule has 0 saturated carbocycles. The van der Waals surface area contributed by atoms with Crippen molar-refractivity contribution < 1.29 is 42.2 Å². The number of hydrogen-bond acceptors (Lipinski definition) is 6. The Labute approximate surface area is 226 Å². The molecule has 3 amide bonds. The van der Waals surface area contributed by atoms with Crippen LogP contribution in [-0.2, 0) is 22.2 Å². The van der Waals surface area contributed by atoms with Crippen molar-refractivity contribution in [1.82, 2.24) is 14.8 Å². The molecular formula is C27H23F3N4O6. The van der Waals surface area contributed by atoms with Crippen molar-refractivity contribution in [1.29, 1.82) is 0 Å². The van der Waals surface area contributed by atoms with Gasteiger partial charge < -0.3 is 25.0 Å². The van der Waals surface area contributed by atoms with E-state index in [1.165, 1.54) is 28.1 Å². The zero-order valence-corrected chi connectivity index (χ0v) is 20.9. The third-order valence-electron chi connectivity index (χ3n) is 6.06. The van der Waals surface area contributed by atoms with E-state index < -0.39 is 35.4 Å². The normalized spacial score (nSPS) is 13.5. The van der Waals surface area contributed by atoms with Crippen LogP contribution in [0.4, 0.5) is 23.7 Å². The van der Waals surface area contributed by atoms with Gasteiger partial charge in [-0.1, -0.05) is 12.1 Å². The van der Waals surface area contributed by atoms with Crippen LogP contribution in [0.3, 0.4) is 0 Å². The highest BCUT2D eigenvalue weighted by atomic mass is 19.4. The van der Waals surface area contributed by atoms with Gasteiger partial charge in [-0.15, -0.1) is 0 Å². The van der Waals surface area contributed by atoms with Gasteiger partial charge >= 0.3 is 12.3 Å². The number of piperazine rings is 1. The summed E-state index contributed by atoms with van der Waals surface area (Å²) in [4.78, 5) is 54.8. The number of hydrogen-bond donors (Lipinski definition) is 2. The highest BCUT2D eigenvalue weighted by Gasteiger charge is 2.30. The summed E-state index contributed by atoms with van der Waals surface area (Å²) in [5.41, 5.74) is 0.0900. The Morgan fingerprint density at radius 3 is 2.05 bits per heavy atom. The largest absolute Gasteiger partial charge is 0.465 e. The van der Waals surface area contributed by atoms with Gasteiger partial charge in [-0.05, 0) is 48.0 Å². The predicted molar refractivity (Wildman–Crippen MR) is 135 cm³/mol. The van der Waals surface area contributed by atoms with Gasteiger partial charge in [-0.25, -0.2) is 9.78 Å². The smallest absolute Gasteiger partial charge is 0.416 e. The Morgan fingerprint density at radius 1 is 0.875 bits per heavy atom. The minimum absolute atomic E-state index is 0.0503. The second-order valence-corrected chi connectivity index (χ2v) is 8.82. The molecule has 2 N–H and O–H groups in total. The summed E-state index contributed by atoms with van der Waals surface area (Å²) in [6, 6.07) is 13.3. The van der Waals surface area contributed by atoms with E-state index in [4.69, 9.17) is 9.84 Å². The van der Waals surface area contributed by atoms with Gasteiger partial charge in [0.05, 0.1) is 17.4 Å². The number of aromatic nitrogens is 1. The first-order valence-electron chi connectivity index (χ1n) is 12.0. The predicted octanol–water partition coefficient (Wildman–Crippen LogP) is 4.08. The zero-order valence-electron chi connectivity index (χ0n) is 20.9. The number of benzene rings is 2. The van der Waals surface area contributed by atoms with Crippen LogP contribution in [0.2, 0.25) is 0 Å². The maximum absolute atomic E-state index is 12.7. The van der Waals surface area contributed by atoms with E-state index in [0.29, 0.717) is 17.0 Å². The van der Waals surface area contributed by atoms with Crippen LogP contribution in [0.25, 0.3) is 0 Å². The molecule has 2 aromatic carbocycles. The first-order chi connectivity index (χ1) is 19.0. The van der Waals surface area contributed by atoms with Gasteiger partial charge in [0.15, 0.2) is 0 Å². The SMILES string of the molecule is O=C(Cc1ccc(Oc2ccc(NC(=O)c3ccc(C(F)(F)F)cc3)cn2)cc1)C(=O)N1CCN(C(=O)O)CC1. The molecule has 10 nitrogen and oxygen atoms in total. The topological polar surface area (TPSA) is 129 Å². The fourth-order valence-electron chi connectivity index (χ4n) is 3.86. The molecule has 0 spiro atoms. The Morgan fingerprint density at radius 2 is 1.50 bits per heavy atom. The molecule has 0 atom stereocenters. The summed E-state index contributed by atoms with van der Waals surface area (Å²) >= 11 is 0. The van der Waals surface area contributed by atoms with E-state index in [1.54, 1.807) is 24.3 Å². The van der Waals surface area contributed by atoms with Crippen LogP contribution in [0.1, 0.15) is 21.5 Å². The number of carbonyl (C=O) groups is 4. The first kappa shape index (κ1) is 28.1. The number of rotatable bonds is 7. The van der Waals surface area contributed by atoms with E-state index in [-0.39, 0.29) is 44.0 Å². The van der Waals surface area contributed by atoms with Crippen LogP contribution in [0, 0.1) is 0 Å². The lowest BCUT2D eigenvalue weighted by atomic mass is 10.1. The summed E-state index contributed by atoms with van der Waals surface area (Å²) in [6.45, 7) is 0.629. The molecule has 1 aliphatic rings. The second-order valence-electron chi connectivity index (χ2n) is 8.82.